The van der Waals surface area contributed by atoms with Gasteiger partial charge in [-0.1, -0.05) is 48.0 Å². The van der Waals surface area contributed by atoms with Crippen LogP contribution in [0.3, 0.4) is 0 Å². The summed E-state index contributed by atoms with van der Waals surface area (Å²) in [5.41, 5.74) is 5.00. The van der Waals surface area contributed by atoms with Crippen LogP contribution in [0.2, 0.25) is 0 Å². The van der Waals surface area contributed by atoms with Crippen molar-refractivity contribution < 1.29 is 14.3 Å². The summed E-state index contributed by atoms with van der Waals surface area (Å²) >= 11 is 0. The molecule has 1 amide bonds. The molecule has 0 saturated carbocycles. The van der Waals surface area contributed by atoms with Crippen molar-refractivity contribution in [1.29, 1.82) is 5.26 Å². The average Bonchev–Trinajstić information content (AvgIpc) is 3.20. The number of rotatable bonds is 6. The Labute approximate surface area is 197 Å². The van der Waals surface area contributed by atoms with Gasteiger partial charge < -0.3 is 14.6 Å². The Morgan fingerprint density at radius 3 is 2.41 bits per heavy atom. The fraction of sp³-hybridized carbons (Fsp3) is 0.107. The zero-order valence-corrected chi connectivity index (χ0v) is 18.9. The molecule has 6 heteroatoms. The minimum Gasteiger partial charge on any atom is -0.465 e. The van der Waals surface area contributed by atoms with Crippen LogP contribution in [0.1, 0.15) is 27.0 Å². The Balaban J connectivity index is 1.61. The molecule has 0 fully saturated rings. The highest BCUT2D eigenvalue weighted by Crippen LogP contribution is 2.25. The van der Waals surface area contributed by atoms with E-state index in [1.54, 1.807) is 30.3 Å². The molecule has 0 spiro atoms. The number of aromatic nitrogens is 1. The molecular formula is C28H23N3O3. The van der Waals surface area contributed by atoms with E-state index in [1.165, 1.54) is 12.7 Å². The van der Waals surface area contributed by atoms with Gasteiger partial charge in [0.1, 0.15) is 11.6 Å². The van der Waals surface area contributed by atoms with E-state index in [0.717, 1.165) is 22.0 Å². The maximum absolute atomic E-state index is 12.8. The normalized spacial score (nSPS) is 11.1. The summed E-state index contributed by atoms with van der Waals surface area (Å²) in [7, 11) is 1.31. The van der Waals surface area contributed by atoms with E-state index in [-0.39, 0.29) is 5.57 Å². The fourth-order valence-corrected chi connectivity index (χ4v) is 3.72. The van der Waals surface area contributed by atoms with Crippen LogP contribution in [0.25, 0.3) is 17.0 Å². The highest BCUT2D eigenvalue weighted by molar-refractivity contribution is 6.11. The molecule has 0 radical (unpaired) electrons. The van der Waals surface area contributed by atoms with Crippen LogP contribution >= 0.6 is 0 Å². The molecule has 0 saturated heterocycles. The summed E-state index contributed by atoms with van der Waals surface area (Å²) in [6.07, 6.45) is 3.56. The van der Waals surface area contributed by atoms with Gasteiger partial charge in [0, 0.05) is 34.9 Å². The van der Waals surface area contributed by atoms with E-state index in [2.05, 4.69) is 45.8 Å². The second-order valence-corrected chi connectivity index (χ2v) is 7.91. The Bertz CT molecular complexity index is 1420. The number of nitriles is 1. The summed E-state index contributed by atoms with van der Waals surface area (Å²) < 4.78 is 6.79. The van der Waals surface area contributed by atoms with Crippen LogP contribution < -0.4 is 5.32 Å². The lowest BCUT2D eigenvalue weighted by atomic mass is 10.1. The Morgan fingerprint density at radius 1 is 1.03 bits per heavy atom. The molecule has 168 valence electrons. The largest absolute Gasteiger partial charge is 0.465 e. The number of esters is 1. The van der Waals surface area contributed by atoms with Gasteiger partial charge in [-0.2, -0.15) is 5.26 Å². The van der Waals surface area contributed by atoms with Gasteiger partial charge >= 0.3 is 5.97 Å². The minimum absolute atomic E-state index is 0.0183. The number of methoxy groups -OCH3 is 1. The van der Waals surface area contributed by atoms with Crippen LogP contribution in [0.15, 0.2) is 84.6 Å². The number of carbonyl (C=O) groups excluding carboxylic acids is 2. The number of aryl methyl sites for hydroxylation is 1. The molecule has 1 heterocycles. The summed E-state index contributed by atoms with van der Waals surface area (Å²) in [5.74, 6) is -0.985. The maximum Gasteiger partial charge on any atom is 0.337 e. The molecule has 0 aliphatic carbocycles. The van der Waals surface area contributed by atoms with Crippen molar-refractivity contribution in [3.05, 3.63) is 107 Å². The first-order valence-electron chi connectivity index (χ1n) is 10.7. The summed E-state index contributed by atoms with van der Waals surface area (Å²) in [6, 6.07) is 24.5. The number of nitrogens with one attached hydrogen (secondary N) is 1. The van der Waals surface area contributed by atoms with Crippen LogP contribution in [0, 0.1) is 18.3 Å². The number of carbonyl (C=O) groups is 2. The minimum atomic E-state index is -0.524. The highest BCUT2D eigenvalue weighted by atomic mass is 16.5. The van der Waals surface area contributed by atoms with Crippen LogP contribution in [0.4, 0.5) is 5.69 Å². The molecule has 0 aliphatic rings. The molecule has 1 aromatic heterocycles. The van der Waals surface area contributed by atoms with Crippen LogP contribution in [-0.2, 0) is 16.1 Å². The second-order valence-electron chi connectivity index (χ2n) is 7.91. The molecule has 0 bridgehead atoms. The first kappa shape index (κ1) is 22.6. The standard InChI is InChI=1S/C28H23N3O3/c1-19-7-9-20(10-8-19)17-31-18-23(25-5-3-4-6-26(25)31)15-22(16-29)27(32)30-24-13-11-21(12-14-24)28(33)34-2/h3-15,18H,17H2,1-2H3,(H,30,32)/b22-15+. The molecular weight excluding hydrogens is 426 g/mol. The SMILES string of the molecule is COC(=O)c1ccc(NC(=O)/C(C#N)=C/c2cn(Cc3ccc(C)cc3)c3ccccc23)cc1. The predicted molar refractivity (Wildman–Crippen MR) is 132 cm³/mol. The molecule has 4 aromatic rings. The monoisotopic (exact) mass is 449 g/mol. The van der Waals surface area contributed by atoms with Crippen molar-refractivity contribution in [2.24, 2.45) is 0 Å². The average molecular weight is 450 g/mol. The molecule has 0 atom stereocenters. The smallest absolute Gasteiger partial charge is 0.337 e. The Morgan fingerprint density at radius 2 is 1.74 bits per heavy atom. The van der Waals surface area contributed by atoms with Gasteiger partial charge in [-0.25, -0.2) is 4.79 Å². The first-order valence-corrected chi connectivity index (χ1v) is 10.7. The number of hydrogen-bond donors (Lipinski definition) is 1. The van der Waals surface area contributed by atoms with Gasteiger partial charge in [-0.3, -0.25) is 4.79 Å². The number of benzene rings is 3. The number of ether oxygens (including phenoxy) is 1. The Kier molecular flexibility index (Phi) is 6.56. The van der Waals surface area contributed by atoms with E-state index in [4.69, 9.17) is 0 Å². The lowest BCUT2D eigenvalue weighted by Gasteiger charge is -2.06. The number of para-hydroxylation sites is 1. The highest BCUT2D eigenvalue weighted by Gasteiger charge is 2.14. The molecule has 0 unspecified atom stereocenters. The summed E-state index contributed by atoms with van der Waals surface area (Å²) in [5, 5.41) is 13.3. The van der Waals surface area contributed by atoms with Crippen molar-refractivity contribution in [3.8, 4) is 6.07 Å². The van der Waals surface area contributed by atoms with Crippen molar-refractivity contribution in [3.63, 3.8) is 0 Å². The molecule has 4 rings (SSSR count). The topological polar surface area (TPSA) is 84.1 Å². The third-order valence-corrected chi connectivity index (χ3v) is 5.52. The van der Waals surface area contributed by atoms with E-state index < -0.39 is 11.9 Å². The molecule has 3 aromatic carbocycles. The van der Waals surface area contributed by atoms with Crippen LogP contribution in [-0.4, -0.2) is 23.6 Å². The zero-order chi connectivity index (χ0) is 24.1. The maximum atomic E-state index is 12.8. The van der Waals surface area contributed by atoms with E-state index in [1.807, 2.05) is 36.5 Å². The lowest BCUT2D eigenvalue weighted by molar-refractivity contribution is -0.112. The van der Waals surface area contributed by atoms with Crippen molar-refractivity contribution >= 4 is 34.5 Å². The number of nitrogens with zero attached hydrogens (tertiary/aromatic N) is 2. The zero-order valence-electron chi connectivity index (χ0n) is 18.9. The molecule has 1 N–H and O–H groups in total. The number of amides is 1. The number of fused-ring (bicyclic) bond motifs is 1. The lowest BCUT2D eigenvalue weighted by Crippen LogP contribution is -2.13. The first-order chi connectivity index (χ1) is 16.5. The predicted octanol–water partition coefficient (Wildman–Crippen LogP) is 5.33. The summed E-state index contributed by atoms with van der Waals surface area (Å²) in [6.45, 7) is 2.73. The molecule has 0 aliphatic heterocycles. The van der Waals surface area contributed by atoms with Crippen molar-refractivity contribution in [2.75, 3.05) is 12.4 Å². The van der Waals surface area contributed by atoms with Crippen molar-refractivity contribution in [1.82, 2.24) is 4.57 Å². The van der Waals surface area contributed by atoms with Gasteiger partial charge in [-0.05, 0) is 48.9 Å². The van der Waals surface area contributed by atoms with Gasteiger partial charge in [0.15, 0.2) is 0 Å². The van der Waals surface area contributed by atoms with E-state index in [9.17, 15) is 14.9 Å². The Hall–Kier alpha value is -4.63. The fourth-order valence-electron chi connectivity index (χ4n) is 3.72. The third-order valence-electron chi connectivity index (χ3n) is 5.52. The van der Waals surface area contributed by atoms with E-state index in [0.29, 0.717) is 17.8 Å². The van der Waals surface area contributed by atoms with Gasteiger partial charge in [0.2, 0.25) is 0 Å². The summed E-state index contributed by atoms with van der Waals surface area (Å²) in [4.78, 5) is 24.4. The molecule has 34 heavy (non-hydrogen) atoms. The second kappa shape index (κ2) is 9.88. The van der Waals surface area contributed by atoms with Gasteiger partial charge in [-0.15, -0.1) is 0 Å². The van der Waals surface area contributed by atoms with Crippen LogP contribution in [0.5, 0.6) is 0 Å². The van der Waals surface area contributed by atoms with E-state index >= 15 is 0 Å². The number of hydrogen-bond acceptors (Lipinski definition) is 4. The third kappa shape index (κ3) is 4.89. The quantitative estimate of drug-likeness (QED) is 0.245. The van der Waals surface area contributed by atoms with Gasteiger partial charge in [0.05, 0.1) is 12.7 Å². The number of anilines is 1. The van der Waals surface area contributed by atoms with Crippen molar-refractivity contribution in [2.45, 2.75) is 13.5 Å². The molecule has 6 nitrogen and oxygen atoms in total. The van der Waals surface area contributed by atoms with Gasteiger partial charge in [0.25, 0.3) is 5.91 Å².